The van der Waals surface area contributed by atoms with Crippen molar-refractivity contribution in [1.29, 1.82) is 5.26 Å². The smallest absolute Gasteiger partial charge is 0.235 e. The van der Waals surface area contributed by atoms with Gasteiger partial charge in [-0.3, -0.25) is 4.39 Å². The molecule has 0 saturated carbocycles. The van der Waals surface area contributed by atoms with Crippen molar-refractivity contribution in [2.45, 2.75) is 78.9 Å². The Kier molecular flexibility index (Phi) is 11.0. The zero-order valence-electron chi connectivity index (χ0n) is 37.7. The Balaban J connectivity index is 0.000000278. The second-order valence-corrected chi connectivity index (χ2v) is 21.8. The first-order valence-electron chi connectivity index (χ1n) is 21.5. The van der Waals surface area contributed by atoms with Crippen molar-refractivity contribution in [3.05, 3.63) is 149 Å². The molecule has 60 heavy (non-hydrogen) atoms. The number of furan rings is 1. The molecule has 1 aliphatic rings. The predicted octanol–water partition coefficient (Wildman–Crippen LogP) is 12.3. The molecule has 4 heterocycles. The Morgan fingerprint density at radius 3 is 2.15 bits per heavy atom. The number of rotatable bonds is 6. The second-order valence-electron chi connectivity index (χ2n) is 16.7. The van der Waals surface area contributed by atoms with Gasteiger partial charge in [-0.15, -0.1) is 47.5 Å². The van der Waals surface area contributed by atoms with Gasteiger partial charge in [0.05, 0.1) is 13.7 Å². The van der Waals surface area contributed by atoms with Gasteiger partial charge in [-0.25, -0.2) is 4.98 Å². The van der Waals surface area contributed by atoms with Crippen LogP contribution in [0.1, 0.15) is 77.3 Å². The maximum absolute atomic E-state index is 12.8. The van der Waals surface area contributed by atoms with Crippen LogP contribution in [0.3, 0.4) is 0 Å². The number of benzene rings is 4. The molecule has 8 aromatic rings. The number of hydrogen-bond donors (Lipinski definition) is 0. The third-order valence-corrected chi connectivity index (χ3v) is 13.1. The molecule has 303 valence electrons. The number of aryl methyl sites for hydroxylation is 2. The normalized spacial score (nSPS) is 13.1. The minimum Gasteiger partial charge on any atom is -0.458 e. The summed E-state index contributed by atoms with van der Waals surface area (Å²) in [5, 5.41) is 12.2. The SMILES string of the molecule is C[Si](C)(C)c1ccc(-c2[c-]cc(F)cc2)nc1.[2H]C([2H])([2H])c1cnc2c(c1-c1c(C(C)C)cc(-c3ccccc3)cc1C(C)C)CCc1c-2[c-]cc2c1oc1nc(C#N)ncc12.[Ir]. The predicted molar refractivity (Wildman–Crippen MR) is 239 cm³/mol. The van der Waals surface area contributed by atoms with Crippen molar-refractivity contribution < 1.29 is 33.0 Å². The van der Waals surface area contributed by atoms with Crippen molar-refractivity contribution in [3.63, 3.8) is 0 Å². The first-order valence-corrected chi connectivity index (χ1v) is 23.5. The maximum atomic E-state index is 12.8. The largest absolute Gasteiger partial charge is 0.458 e. The van der Waals surface area contributed by atoms with Crippen molar-refractivity contribution in [3.8, 4) is 50.8 Å². The van der Waals surface area contributed by atoms with E-state index in [2.05, 4.69) is 105 Å². The van der Waals surface area contributed by atoms with E-state index in [9.17, 15) is 9.65 Å². The van der Waals surface area contributed by atoms with Crippen LogP contribution < -0.4 is 5.19 Å². The molecule has 4 aromatic carbocycles. The average molecular weight is 987 g/mol. The van der Waals surface area contributed by atoms with Crippen molar-refractivity contribution in [2.24, 2.45) is 0 Å². The van der Waals surface area contributed by atoms with Gasteiger partial charge >= 0.3 is 0 Å². The van der Waals surface area contributed by atoms with Crippen LogP contribution in [0.2, 0.25) is 19.6 Å². The third-order valence-electron chi connectivity index (χ3n) is 11.0. The van der Waals surface area contributed by atoms with Gasteiger partial charge in [0, 0.05) is 54.0 Å². The standard InChI is InChI=1S/C37H31N4O.C14H15FNSi.Ir/c1-20(2)29-15-24(23-9-7-6-8-10-23)16-30(21(3)4)34(29)33-22(5)18-40-35-25-11-12-27-31-19-39-32(17-38)41-37(31)42-36(27)26(25)13-14-28(33)35;1-17(2,3)13-8-9-14(16-10-13)11-4-6-12(15)7-5-11;/h6-10,12,15-16,18-21H,13-14H2,1-5H3;4,6-10H,1-3H3;/q2*-1;/i5D3;;. The van der Waals surface area contributed by atoms with Crippen LogP contribution in [0.25, 0.3) is 66.8 Å². The van der Waals surface area contributed by atoms with Crippen LogP contribution >= 0.6 is 0 Å². The minimum atomic E-state index is -2.36. The molecular formula is C51H46FIrN5OSi-2. The molecule has 0 fully saturated rings. The van der Waals surface area contributed by atoms with Crippen LogP contribution in [-0.4, -0.2) is 28.0 Å². The number of fused-ring (bicyclic) bond motifs is 7. The quantitative estimate of drug-likeness (QED) is 0.122. The van der Waals surface area contributed by atoms with Crippen LogP contribution in [-0.2, 0) is 32.9 Å². The number of aromatic nitrogens is 4. The Hall–Kier alpha value is -5.65. The molecule has 1 aliphatic carbocycles. The van der Waals surface area contributed by atoms with Gasteiger partial charge in [-0.1, -0.05) is 125 Å². The van der Waals surface area contributed by atoms with Crippen molar-refractivity contribution >= 4 is 35.3 Å². The second kappa shape index (κ2) is 17.1. The van der Waals surface area contributed by atoms with E-state index in [4.69, 9.17) is 13.5 Å². The van der Waals surface area contributed by atoms with Crippen molar-refractivity contribution in [2.75, 3.05) is 0 Å². The fourth-order valence-corrected chi connectivity index (χ4v) is 8.95. The molecule has 0 amide bonds. The van der Waals surface area contributed by atoms with Gasteiger partial charge in [0.25, 0.3) is 0 Å². The Labute approximate surface area is 370 Å². The Bertz CT molecular complexity index is 2980. The Morgan fingerprint density at radius 2 is 1.53 bits per heavy atom. The summed E-state index contributed by atoms with van der Waals surface area (Å²) in [6.45, 7) is 13.2. The molecule has 0 bridgehead atoms. The van der Waals surface area contributed by atoms with E-state index in [0.29, 0.717) is 24.1 Å². The molecule has 0 aliphatic heterocycles. The van der Waals surface area contributed by atoms with Gasteiger partial charge < -0.3 is 14.4 Å². The van der Waals surface area contributed by atoms with Crippen molar-refractivity contribution in [1.82, 2.24) is 19.9 Å². The fraction of sp³-hybridized carbons (Fsp3) is 0.235. The van der Waals surface area contributed by atoms with Gasteiger partial charge in [0.15, 0.2) is 0 Å². The average Bonchev–Trinajstić information content (AvgIpc) is 3.64. The molecule has 4 aromatic heterocycles. The monoisotopic (exact) mass is 987 g/mol. The zero-order chi connectivity index (χ0) is 44.1. The number of nitrogens with zero attached hydrogens (tertiary/aromatic N) is 5. The molecule has 0 atom stereocenters. The van der Waals surface area contributed by atoms with E-state index in [1.807, 2.05) is 42.6 Å². The molecule has 0 unspecified atom stereocenters. The fourth-order valence-electron chi connectivity index (χ4n) is 7.91. The molecule has 0 saturated heterocycles. The number of pyridine rings is 2. The zero-order valence-corrected chi connectivity index (χ0v) is 38.1. The first-order chi connectivity index (χ1) is 29.5. The minimum absolute atomic E-state index is 0. The summed E-state index contributed by atoms with van der Waals surface area (Å²) in [5.74, 6) is 0.0684. The molecule has 9 rings (SSSR count). The van der Waals surface area contributed by atoms with Crippen LogP contribution in [0, 0.1) is 36.1 Å². The summed E-state index contributed by atoms with van der Waals surface area (Å²) in [5.41, 5.74) is 12.6. The van der Waals surface area contributed by atoms with E-state index in [0.717, 1.165) is 77.8 Å². The molecule has 0 N–H and O–H groups in total. The van der Waals surface area contributed by atoms with Crippen LogP contribution in [0.4, 0.5) is 4.39 Å². The van der Waals surface area contributed by atoms with E-state index in [1.165, 1.54) is 23.5 Å². The molecule has 6 nitrogen and oxygen atoms in total. The topological polar surface area (TPSA) is 88.5 Å². The number of hydrogen-bond acceptors (Lipinski definition) is 6. The summed E-state index contributed by atoms with van der Waals surface area (Å²) >= 11 is 0. The number of halogens is 1. The molecule has 9 heteroatoms. The number of nitriles is 1. The summed E-state index contributed by atoms with van der Waals surface area (Å²) in [6.07, 6.45) is 6.28. The maximum Gasteiger partial charge on any atom is 0.235 e. The van der Waals surface area contributed by atoms with E-state index in [1.54, 1.807) is 12.3 Å². The van der Waals surface area contributed by atoms with Crippen LogP contribution in [0.5, 0.6) is 0 Å². The van der Waals surface area contributed by atoms with Crippen LogP contribution in [0.15, 0.2) is 102 Å². The van der Waals surface area contributed by atoms with Gasteiger partial charge in [0.1, 0.15) is 6.07 Å². The first kappa shape index (κ1) is 38.5. The third kappa shape index (κ3) is 8.12. The summed E-state index contributed by atoms with van der Waals surface area (Å²) in [7, 11) is -1.30. The van der Waals surface area contributed by atoms with Gasteiger partial charge in [-0.05, 0) is 80.6 Å². The Morgan fingerprint density at radius 1 is 0.800 bits per heavy atom. The van der Waals surface area contributed by atoms with Gasteiger partial charge in [0.2, 0.25) is 11.5 Å². The summed E-state index contributed by atoms with van der Waals surface area (Å²) in [4.78, 5) is 17.6. The molecule has 0 spiro atoms. The van der Waals surface area contributed by atoms with E-state index in [-0.39, 0.29) is 49.1 Å². The summed E-state index contributed by atoms with van der Waals surface area (Å²) < 4.78 is 44.8. The van der Waals surface area contributed by atoms with Gasteiger partial charge in [-0.2, -0.15) is 10.2 Å². The summed E-state index contributed by atoms with van der Waals surface area (Å²) in [6, 6.07) is 33.5. The van der Waals surface area contributed by atoms with E-state index >= 15 is 0 Å². The molecule has 1 radical (unpaired) electrons. The molecular weight excluding hydrogens is 938 g/mol. The van der Waals surface area contributed by atoms with E-state index < -0.39 is 14.9 Å².